The lowest BCUT2D eigenvalue weighted by Gasteiger charge is -2.17. The molecule has 2 aromatic rings. The Bertz CT molecular complexity index is 795. The molecular formula is C20H21FN2O3. The molecule has 136 valence electrons. The SMILES string of the molecule is CCOc1cc(F)ccc1NC(=O)C1CC(=O)N(Cc2ccccc2)C1. The second kappa shape index (κ2) is 7.99. The van der Waals surface area contributed by atoms with E-state index >= 15 is 0 Å². The zero-order chi connectivity index (χ0) is 18.5. The monoisotopic (exact) mass is 356 g/mol. The number of nitrogens with one attached hydrogen (secondary N) is 1. The summed E-state index contributed by atoms with van der Waals surface area (Å²) in [4.78, 5) is 26.5. The zero-order valence-corrected chi connectivity index (χ0v) is 14.6. The fraction of sp³-hybridized carbons (Fsp3) is 0.300. The average Bonchev–Trinajstić information content (AvgIpc) is 2.99. The molecule has 0 radical (unpaired) electrons. The van der Waals surface area contributed by atoms with E-state index in [-0.39, 0.29) is 24.0 Å². The smallest absolute Gasteiger partial charge is 0.229 e. The van der Waals surface area contributed by atoms with Crippen molar-refractivity contribution in [3.8, 4) is 5.75 Å². The molecule has 1 unspecified atom stereocenters. The minimum absolute atomic E-state index is 0.0434. The van der Waals surface area contributed by atoms with Gasteiger partial charge in [-0.25, -0.2) is 4.39 Å². The van der Waals surface area contributed by atoms with Crippen LogP contribution >= 0.6 is 0 Å². The summed E-state index contributed by atoms with van der Waals surface area (Å²) in [6.45, 7) is 3.00. The van der Waals surface area contributed by atoms with E-state index in [0.29, 0.717) is 25.4 Å². The highest BCUT2D eigenvalue weighted by Gasteiger charge is 2.34. The van der Waals surface area contributed by atoms with Crippen molar-refractivity contribution in [2.75, 3.05) is 18.5 Å². The van der Waals surface area contributed by atoms with Crippen molar-refractivity contribution >= 4 is 17.5 Å². The summed E-state index contributed by atoms with van der Waals surface area (Å²) >= 11 is 0. The minimum atomic E-state index is -0.439. The number of ether oxygens (including phenoxy) is 1. The number of rotatable bonds is 6. The lowest BCUT2D eigenvalue weighted by Crippen LogP contribution is -2.28. The first-order valence-corrected chi connectivity index (χ1v) is 8.61. The van der Waals surface area contributed by atoms with Gasteiger partial charge in [0, 0.05) is 25.6 Å². The molecule has 1 heterocycles. The van der Waals surface area contributed by atoms with Crippen molar-refractivity contribution in [1.29, 1.82) is 0 Å². The van der Waals surface area contributed by atoms with E-state index in [2.05, 4.69) is 5.32 Å². The first-order chi connectivity index (χ1) is 12.6. The molecule has 2 aromatic carbocycles. The first-order valence-electron chi connectivity index (χ1n) is 8.61. The molecule has 0 saturated carbocycles. The Hall–Kier alpha value is -2.89. The van der Waals surface area contributed by atoms with Crippen LogP contribution in [0.4, 0.5) is 10.1 Å². The number of hydrogen-bond acceptors (Lipinski definition) is 3. The Morgan fingerprint density at radius 1 is 1.27 bits per heavy atom. The molecule has 0 bridgehead atoms. The largest absolute Gasteiger partial charge is 0.492 e. The predicted molar refractivity (Wildman–Crippen MR) is 96.2 cm³/mol. The number of likely N-dealkylation sites (tertiary alicyclic amines) is 1. The number of benzene rings is 2. The highest BCUT2D eigenvalue weighted by atomic mass is 19.1. The van der Waals surface area contributed by atoms with Crippen molar-refractivity contribution in [2.45, 2.75) is 19.9 Å². The maximum Gasteiger partial charge on any atom is 0.229 e. The summed E-state index contributed by atoms with van der Waals surface area (Å²) in [6, 6.07) is 13.6. The van der Waals surface area contributed by atoms with Crippen molar-refractivity contribution in [2.24, 2.45) is 5.92 Å². The van der Waals surface area contributed by atoms with Crippen LogP contribution in [0.25, 0.3) is 0 Å². The number of halogens is 1. The second-order valence-electron chi connectivity index (χ2n) is 6.22. The van der Waals surface area contributed by atoms with Gasteiger partial charge in [0.25, 0.3) is 0 Å². The van der Waals surface area contributed by atoms with E-state index in [0.717, 1.165) is 5.56 Å². The van der Waals surface area contributed by atoms with Gasteiger partial charge in [-0.1, -0.05) is 30.3 Å². The molecule has 5 nitrogen and oxygen atoms in total. The maximum atomic E-state index is 13.4. The molecular weight excluding hydrogens is 335 g/mol. The second-order valence-corrected chi connectivity index (χ2v) is 6.22. The highest BCUT2D eigenvalue weighted by Crippen LogP contribution is 2.28. The van der Waals surface area contributed by atoms with Crippen LogP contribution < -0.4 is 10.1 Å². The normalized spacial score (nSPS) is 16.6. The van der Waals surface area contributed by atoms with Crippen LogP contribution in [-0.4, -0.2) is 29.9 Å². The van der Waals surface area contributed by atoms with Crippen molar-refractivity contribution < 1.29 is 18.7 Å². The van der Waals surface area contributed by atoms with E-state index in [1.54, 1.807) is 11.8 Å². The van der Waals surface area contributed by atoms with E-state index in [4.69, 9.17) is 4.74 Å². The van der Waals surface area contributed by atoms with Gasteiger partial charge in [-0.05, 0) is 24.6 Å². The third-order valence-electron chi connectivity index (χ3n) is 4.30. The van der Waals surface area contributed by atoms with Gasteiger partial charge in [0.1, 0.15) is 11.6 Å². The van der Waals surface area contributed by atoms with Crippen LogP contribution in [0.2, 0.25) is 0 Å². The summed E-state index contributed by atoms with van der Waals surface area (Å²) in [5.41, 5.74) is 1.44. The van der Waals surface area contributed by atoms with E-state index < -0.39 is 11.7 Å². The molecule has 0 spiro atoms. The van der Waals surface area contributed by atoms with Gasteiger partial charge in [-0.2, -0.15) is 0 Å². The molecule has 1 aliphatic heterocycles. The van der Waals surface area contributed by atoms with Gasteiger partial charge >= 0.3 is 0 Å². The molecule has 0 aromatic heterocycles. The summed E-state index contributed by atoms with van der Waals surface area (Å²) in [7, 11) is 0. The third kappa shape index (κ3) is 4.20. The van der Waals surface area contributed by atoms with Crippen LogP contribution in [0.3, 0.4) is 0 Å². The Morgan fingerprint density at radius 3 is 2.77 bits per heavy atom. The Morgan fingerprint density at radius 2 is 2.04 bits per heavy atom. The maximum absolute atomic E-state index is 13.4. The van der Waals surface area contributed by atoms with Crippen LogP contribution in [0.5, 0.6) is 5.75 Å². The number of amides is 2. The van der Waals surface area contributed by atoms with Crippen LogP contribution in [0, 0.1) is 11.7 Å². The number of carbonyl (C=O) groups is 2. The standard InChI is InChI=1S/C20H21FN2O3/c1-2-26-18-11-16(21)8-9-17(18)22-20(25)15-10-19(24)23(13-15)12-14-6-4-3-5-7-14/h3-9,11,15H,2,10,12-13H2,1H3,(H,22,25). The molecule has 2 amide bonds. The molecule has 1 N–H and O–H groups in total. The lowest BCUT2D eigenvalue weighted by molar-refractivity contribution is -0.128. The average molecular weight is 356 g/mol. The molecule has 1 fully saturated rings. The van der Waals surface area contributed by atoms with Crippen LogP contribution in [0.1, 0.15) is 18.9 Å². The summed E-state index contributed by atoms with van der Waals surface area (Å²) < 4.78 is 18.7. The third-order valence-corrected chi connectivity index (χ3v) is 4.30. The topological polar surface area (TPSA) is 58.6 Å². The van der Waals surface area contributed by atoms with E-state index in [1.807, 2.05) is 30.3 Å². The summed E-state index contributed by atoms with van der Waals surface area (Å²) in [5, 5.41) is 2.76. The number of anilines is 1. The zero-order valence-electron chi connectivity index (χ0n) is 14.6. The predicted octanol–water partition coefficient (Wildman–Crippen LogP) is 3.21. The van der Waals surface area contributed by atoms with Gasteiger partial charge < -0.3 is 15.0 Å². The quantitative estimate of drug-likeness (QED) is 0.865. The Balaban J connectivity index is 1.65. The molecule has 0 aliphatic carbocycles. The summed E-state index contributed by atoms with van der Waals surface area (Å²) in [5.74, 6) is -0.895. The van der Waals surface area contributed by atoms with Gasteiger partial charge in [-0.3, -0.25) is 9.59 Å². The van der Waals surface area contributed by atoms with Gasteiger partial charge in [0.2, 0.25) is 11.8 Å². The van der Waals surface area contributed by atoms with E-state index in [1.165, 1.54) is 18.2 Å². The minimum Gasteiger partial charge on any atom is -0.492 e. The van der Waals surface area contributed by atoms with Crippen molar-refractivity contribution in [1.82, 2.24) is 4.90 Å². The van der Waals surface area contributed by atoms with Gasteiger partial charge in [-0.15, -0.1) is 0 Å². The number of carbonyl (C=O) groups excluding carboxylic acids is 2. The van der Waals surface area contributed by atoms with Gasteiger partial charge in [0.05, 0.1) is 18.2 Å². The van der Waals surface area contributed by atoms with Crippen molar-refractivity contribution in [3.63, 3.8) is 0 Å². The molecule has 1 aliphatic rings. The van der Waals surface area contributed by atoms with Gasteiger partial charge in [0.15, 0.2) is 0 Å². The fourth-order valence-electron chi connectivity index (χ4n) is 3.01. The number of nitrogens with zero attached hydrogens (tertiary/aromatic N) is 1. The number of hydrogen-bond donors (Lipinski definition) is 1. The summed E-state index contributed by atoms with van der Waals surface area (Å²) in [6.07, 6.45) is 0.170. The van der Waals surface area contributed by atoms with Crippen LogP contribution in [0.15, 0.2) is 48.5 Å². The highest BCUT2D eigenvalue weighted by molar-refractivity contribution is 5.98. The van der Waals surface area contributed by atoms with Crippen LogP contribution in [-0.2, 0) is 16.1 Å². The fourth-order valence-corrected chi connectivity index (χ4v) is 3.01. The molecule has 1 atom stereocenters. The van der Waals surface area contributed by atoms with E-state index in [9.17, 15) is 14.0 Å². The van der Waals surface area contributed by atoms with Crippen molar-refractivity contribution in [3.05, 3.63) is 59.9 Å². The Kier molecular flexibility index (Phi) is 5.51. The molecule has 1 saturated heterocycles. The Labute approximate surface area is 151 Å². The lowest BCUT2D eigenvalue weighted by atomic mass is 10.1. The molecule has 26 heavy (non-hydrogen) atoms. The molecule has 6 heteroatoms. The molecule has 3 rings (SSSR count). The first kappa shape index (κ1) is 17.9.